The Morgan fingerprint density at radius 2 is 0.857 bits per heavy atom. The van der Waals surface area contributed by atoms with Crippen molar-refractivity contribution in [3.8, 4) is 10.6 Å². The number of aromatic nitrogens is 2. The Bertz CT molecular complexity index is 2050. The van der Waals surface area contributed by atoms with E-state index in [0.29, 0.717) is 0 Å². The smallest absolute Gasteiger partial charge is 0.160 e. The van der Waals surface area contributed by atoms with Crippen molar-refractivity contribution < 1.29 is 0 Å². The van der Waals surface area contributed by atoms with Gasteiger partial charge in [-0.2, -0.15) is 0 Å². The van der Waals surface area contributed by atoms with E-state index < -0.39 is 0 Å². The summed E-state index contributed by atoms with van der Waals surface area (Å²) in [6, 6.07) is 38.4. The van der Waals surface area contributed by atoms with Gasteiger partial charge < -0.3 is 0 Å². The Kier molecular flexibility index (Phi) is 9.48. The summed E-state index contributed by atoms with van der Waals surface area (Å²) in [4.78, 5) is 8.58. The summed E-state index contributed by atoms with van der Waals surface area (Å²) in [6.07, 6.45) is 0. The number of fused-ring (bicyclic) bond motifs is 4. The molecule has 8 heteroatoms. The molecule has 8 aromatic rings. The molecular weight excluding hydrogens is 820 g/mol. The van der Waals surface area contributed by atoms with Crippen molar-refractivity contribution in [1.29, 1.82) is 0 Å². The van der Waals surface area contributed by atoms with E-state index in [1.54, 1.807) is 22.7 Å². The van der Waals surface area contributed by atoms with Crippen LogP contribution in [0.2, 0.25) is 0 Å². The predicted molar refractivity (Wildman–Crippen MR) is 197 cm³/mol. The van der Waals surface area contributed by atoms with Crippen LogP contribution in [0.3, 0.4) is 0 Å². The predicted octanol–water partition coefficient (Wildman–Crippen LogP) is 13.3. The van der Waals surface area contributed by atoms with Crippen LogP contribution in [0.25, 0.3) is 53.7 Å². The van der Waals surface area contributed by atoms with E-state index in [0.717, 1.165) is 18.1 Å². The van der Waals surface area contributed by atoms with Crippen LogP contribution in [0, 0.1) is 0 Å². The average molecular weight is 840 g/mol. The van der Waals surface area contributed by atoms with Crippen molar-refractivity contribution in [3.63, 3.8) is 0 Å². The van der Waals surface area contributed by atoms with Crippen LogP contribution in [-0.2, 0) is 0 Å². The molecule has 206 valence electrons. The van der Waals surface area contributed by atoms with E-state index in [2.05, 4.69) is 183 Å². The molecule has 0 N–H and O–H groups in total. The van der Waals surface area contributed by atoms with E-state index in [-0.39, 0.29) is 0 Å². The molecule has 0 spiro atoms. The molecule has 2 aromatic heterocycles. The van der Waals surface area contributed by atoms with Gasteiger partial charge in [0.25, 0.3) is 0 Å². The number of hydrogen-bond donors (Lipinski definition) is 0. The van der Waals surface area contributed by atoms with Gasteiger partial charge in [-0.3, -0.25) is 0 Å². The fourth-order valence-electron chi connectivity index (χ4n) is 4.81. The third-order valence-corrected chi connectivity index (χ3v) is 11.1. The van der Waals surface area contributed by atoms with Crippen LogP contribution in [0.1, 0.15) is 0 Å². The summed E-state index contributed by atoms with van der Waals surface area (Å²) >= 11 is 16.8. The number of benzene rings is 6. The summed E-state index contributed by atoms with van der Waals surface area (Å²) in [5.41, 5.74) is 1.23. The zero-order chi connectivity index (χ0) is 29.1. The van der Waals surface area contributed by atoms with Gasteiger partial charge in [0.1, 0.15) is 14.2 Å². The first-order valence-corrected chi connectivity index (χ1v) is 17.8. The van der Waals surface area contributed by atoms with Crippen molar-refractivity contribution in [1.82, 2.24) is 9.97 Å². The molecule has 8 rings (SSSR count). The van der Waals surface area contributed by atoms with Crippen molar-refractivity contribution in [3.05, 3.63) is 138 Å². The van der Waals surface area contributed by atoms with Gasteiger partial charge in [-0.25, -0.2) is 9.97 Å². The monoisotopic (exact) mass is 836 g/mol. The first-order valence-electron chi connectivity index (χ1n) is 12.8. The van der Waals surface area contributed by atoms with Gasteiger partial charge in [-0.15, -0.1) is 22.7 Å². The minimum atomic E-state index is 0.893. The second-order valence-electron chi connectivity index (χ2n) is 9.23. The fraction of sp³-hybridized carbons (Fsp3) is 0. The van der Waals surface area contributed by atoms with Crippen molar-refractivity contribution in [2.45, 2.75) is 0 Å². The molecule has 0 bridgehead atoms. The maximum atomic E-state index is 4.62. The lowest BCUT2D eigenvalue weighted by Gasteiger charge is -2.09. The third kappa shape index (κ3) is 6.54. The van der Waals surface area contributed by atoms with Gasteiger partial charge in [0, 0.05) is 20.8 Å². The summed E-state index contributed by atoms with van der Waals surface area (Å²) in [5.74, 6) is 0. The highest BCUT2D eigenvalue weighted by molar-refractivity contribution is 9.11. The highest BCUT2D eigenvalue weighted by Gasteiger charge is 2.12. The number of rotatable bonds is 1. The first-order chi connectivity index (χ1) is 20.5. The van der Waals surface area contributed by atoms with Crippen LogP contribution in [0.15, 0.2) is 138 Å². The lowest BCUT2D eigenvalue weighted by atomic mass is 9.97. The van der Waals surface area contributed by atoms with Crippen molar-refractivity contribution in [2.24, 2.45) is 0 Å². The van der Waals surface area contributed by atoms with Gasteiger partial charge in [0.2, 0.25) is 0 Å². The molecule has 0 unspecified atom stereocenters. The van der Waals surface area contributed by atoms with Crippen LogP contribution in [-0.4, -0.2) is 9.97 Å². The largest absolute Gasteiger partial charge is 0.229 e. The second-order valence-corrected chi connectivity index (χ2v) is 14.6. The maximum Gasteiger partial charge on any atom is 0.160 e. The molecule has 0 saturated carbocycles. The Hall–Kier alpha value is -2.46. The van der Waals surface area contributed by atoms with Gasteiger partial charge in [0.05, 0.1) is 0 Å². The van der Waals surface area contributed by atoms with E-state index in [1.807, 2.05) is 10.8 Å². The van der Waals surface area contributed by atoms with E-state index in [4.69, 9.17) is 0 Å². The molecule has 6 aromatic carbocycles. The van der Waals surface area contributed by atoms with Crippen LogP contribution >= 0.6 is 86.4 Å². The Labute approximate surface area is 285 Å². The van der Waals surface area contributed by atoms with E-state index in [9.17, 15) is 0 Å². The van der Waals surface area contributed by atoms with Crippen molar-refractivity contribution >= 4 is 129 Å². The minimum absolute atomic E-state index is 0.893. The number of hydrogen-bond acceptors (Lipinski definition) is 4. The number of nitrogens with zero attached hydrogens (tertiary/aromatic N) is 2. The molecule has 0 aliphatic rings. The van der Waals surface area contributed by atoms with E-state index in [1.165, 1.54) is 53.1 Å². The maximum absolute atomic E-state index is 4.62. The molecule has 0 radical (unpaired) electrons. The molecule has 0 aliphatic heterocycles. The molecule has 0 aliphatic carbocycles. The zero-order valence-electron chi connectivity index (χ0n) is 21.8. The van der Waals surface area contributed by atoms with Gasteiger partial charge in [-0.05, 0) is 119 Å². The Morgan fingerprint density at radius 1 is 0.452 bits per heavy atom. The van der Waals surface area contributed by atoms with Crippen LogP contribution in [0.5, 0.6) is 0 Å². The van der Waals surface area contributed by atoms with E-state index >= 15 is 0 Å². The lowest BCUT2D eigenvalue weighted by Crippen LogP contribution is -1.84. The molecule has 0 saturated heterocycles. The summed E-state index contributed by atoms with van der Waals surface area (Å²) in [7, 11) is 0. The normalized spacial score (nSPS) is 10.9. The lowest BCUT2D eigenvalue weighted by molar-refractivity contribution is 1.33. The number of halogens is 4. The van der Waals surface area contributed by atoms with Gasteiger partial charge in [-0.1, -0.05) is 97.1 Å². The molecule has 42 heavy (non-hydrogen) atoms. The molecule has 0 amide bonds. The standard InChI is InChI=1S/C17H10BrNS.C14H9Br.C3HBr2NS/c18-15-10-20-17(19-15)16-13-7-3-1-5-11(13)9-12-6-2-4-8-14(12)16;15-14-12-7-3-1-5-10(12)9-11-6-2-4-8-13(11)14;4-2-1-7-3(5)6-2/h1-10H;1-9H;1H. The summed E-state index contributed by atoms with van der Waals surface area (Å²) < 4.78 is 3.90. The number of thiazole rings is 2. The highest BCUT2D eigenvalue weighted by Crippen LogP contribution is 2.38. The minimum Gasteiger partial charge on any atom is -0.229 e. The quantitative estimate of drug-likeness (QED) is 0.154. The fourth-order valence-corrected chi connectivity index (χ4v) is 8.54. The van der Waals surface area contributed by atoms with Gasteiger partial charge in [0.15, 0.2) is 3.92 Å². The topological polar surface area (TPSA) is 25.8 Å². The molecule has 2 heterocycles. The first kappa shape index (κ1) is 29.6. The molecule has 0 fully saturated rings. The SMILES string of the molecule is Brc1c2ccccc2cc2ccccc12.Brc1csc(-c2c3ccccc3cc3ccccc23)n1.Brc1csc(Br)n1. The average Bonchev–Trinajstić information content (AvgIpc) is 3.62. The summed E-state index contributed by atoms with van der Waals surface area (Å²) in [6.45, 7) is 0. The van der Waals surface area contributed by atoms with Crippen LogP contribution in [0.4, 0.5) is 0 Å². The third-order valence-electron chi connectivity index (χ3n) is 6.61. The Morgan fingerprint density at radius 3 is 1.24 bits per heavy atom. The summed E-state index contributed by atoms with van der Waals surface area (Å²) in [5, 5.41) is 15.2. The van der Waals surface area contributed by atoms with Gasteiger partial charge >= 0.3 is 0 Å². The Balaban J connectivity index is 0.000000126. The van der Waals surface area contributed by atoms with Crippen LogP contribution < -0.4 is 0 Å². The molecule has 0 atom stereocenters. The molecular formula is C34H20Br4N2S2. The zero-order valence-corrected chi connectivity index (χ0v) is 29.7. The second kappa shape index (κ2) is 13.5. The molecule has 2 nitrogen and oxygen atoms in total. The highest BCUT2D eigenvalue weighted by atomic mass is 79.9. The van der Waals surface area contributed by atoms with Crippen molar-refractivity contribution in [2.75, 3.05) is 0 Å².